The molecule has 7 nitrogen and oxygen atoms in total. The summed E-state index contributed by atoms with van der Waals surface area (Å²) >= 11 is 0. The van der Waals surface area contributed by atoms with Crippen LogP contribution in [-0.4, -0.2) is 65.1 Å². The Labute approximate surface area is 171 Å². The molecular formula is C19H24F4O7. The molecule has 30 heavy (non-hydrogen) atoms. The highest BCUT2D eigenvalue weighted by molar-refractivity contribution is 5.73. The van der Waals surface area contributed by atoms with Crippen LogP contribution in [-0.2, 0) is 28.5 Å². The molecule has 0 saturated carbocycles. The highest BCUT2D eigenvalue weighted by Gasteiger charge is 2.25. The van der Waals surface area contributed by atoms with Gasteiger partial charge in [0.2, 0.25) is 11.6 Å². The van der Waals surface area contributed by atoms with Crippen LogP contribution in [0.25, 0.3) is 0 Å². The molecule has 11 heteroatoms. The third-order valence-electron chi connectivity index (χ3n) is 3.61. The maximum Gasteiger partial charge on any atom is 0.313 e. The molecule has 0 saturated heterocycles. The first kappa shape index (κ1) is 26.0. The molecular weight excluding hydrogens is 416 g/mol. The smallest absolute Gasteiger partial charge is 0.313 e. The first-order chi connectivity index (χ1) is 14.4. The minimum atomic E-state index is -2.05. The summed E-state index contributed by atoms with van der Waals surface area (Å²) in [5, 5.41) is 0. The number of carbonyl (C=O) groups is 2. The maximum absolute atomic E-state index is 13.6. The third-order valence-corrected chi connectivity index (χ3v) is 3.61. The van der Waals surface area contributed by atoms with E-state index in [9.17, 15) is 27.2 Å². The zero-order valence-electron chi connectivity index (χ0n) is 16.5. The summed E-state index contributed by atoms with van der Waals surface area (Å²) in [7, 11) is 0. The SMILES string of the molecule is Cc1c(F)c(F)c(F)c(F)c1OC(=O)CCOCCOCCOCCOCCC=O. The molecule has 1 aromatic carbocycles. The number of rotatable bonds is 16. The first-order valence-electron chi connectivity index (χ1n) is 9.18. The topological polar surface area (TPSA) is 80.3 Å². The lowest BCUT2D eigenvalue weighted by Crippen LogP contribution is -2.16. The van der Waals surface area contributed by atoms with E-state index in [0.717, 1.165) is 13.2 Å². The molecule has 0 spiro atoms. The fourth-order valence-electron chi connectivity index (χ4n) is 2.06. The van der Waals surface area contributed by atoms with Crippen LogP contribution in [0.4, 0.5) is 17.6 Å². The number of esters is 1. The number of benzene rings is 1. The van der Waals surface area contributed by atoms with Crippen molar-refractivity contribution in [3.8, 4) is 5.75 Å². The van der Waals surface area contributed by atoms with Crippen LogP contribution in [0.3, 0.4) is 0 Å². The molecule has 0 radical (unpaired) electrons. The molecule has 0 unspecified atom stereocenters. The van der Waals surface area contributed by atoms with Crippen LogP contribution < -0.4 is 4.74 Å². The summed E-state index contributed by atoms with van der Waals surface area (Å²) in [4.78, 5) is 21.7. The van der Waals surface area contributed by atoms with Crippen LogP contribution in [0.15, 0.2) is 0 Å². The second-order valence-electron chi connectivity index (χ2n) is 5.84. The number of aldehydes is 1. The molecule has 0 aliphatic heterocycles. The fraction of sp³-hybridized carbons (Fsp3) is 0.579. The van der Waals surface area contributed by atoms with Gasteiger partial charge in [-0.3, -0.25) is 4.79 Å². The third kappa shape index (κ3) is 9.16. The zero-order chi connectivity index (χ0) is 22.4. The quantitative estimate of drug-likeness (QED) is 0.0743. The van der Waals surface area contributed by atoms with Crippen LogP contribution in [0.2, 0.25) is 0 Å². The summed E-state index contributed by atoms with van der Waals surface area (Å²) in [6.07, 6.45) is 0.807. The minimum absolute atomic E-state index is 0.0936. The van der Waals surface area contributed by atoms with Crippen molar-refractivity contribution in [2.24, 2.45) is 0 Å². The number of hydrogen-bond acceptors (Lipinski definition) is 7. The average molecular weight is 440 g/mol. The van der Waals surface area contributed by atoms with Gasteiger partial charge in [0.05, 0.1) is 59.3 Å². The highest BCUT2D eigenvalue weighted by Crippen LogP contribution is 2.30. The Balaban J connectivity index is 2.09. The van der Waals surface area contributed by atoms with Gasteiger partial charge in [-0.15, -0.1) is 0 Å². The van der Waals surface area contributed by atoms with Gasteiger partial charge < -0.3 is 28.5 Å². The molecule has 0 fully saturated rings. The Bertz CT molecular complexity index is 656. The minimum Gasteiger partial charge on any atom is -0.423 e. The molecule has 170 valence electrons. The standard InChI is InChI=1S/C19H24F4O7/c1-13-15(20)16(21)17(22)18(23)19(13)30-14(25)3-6-27-8-10-29-12-11-28-9-7-26-5-2-4-24/h4H,2-3,5-12H2,1H3. The van der Waals surface area contributed by atoms with Crippen molar-refractivity contribution in [3.05, 3.63) is 28.8 Å². The molecule has 0 heterocycles. The van der Waals surface area contributed by atoms with Crippen LogP contribution >= 0.6 is 0 Å². The van der Waals surface area contributed by atoms with Gasteiger partial charge in [0.15, 0.2) is 17.4 Å². The van der Waals surface area contributed by atoms with Crippen molar-refractivity contribution in [2.45, 2.75) is 19.8 Å². The van der Waals surface area contributed by atoms with Crippen molar-refractivity contribution >= 4 is 12.3 Å². The maximum atomic E-state index is 13.6. The van der Waals surface area contributed by atoms with Crippen LogP contribution in [0.5, 0.6) is 5.75 Å². The Morgan fingerprint density at radius 2 is 1.20 bits per heavy atom. The van der Waals surface area contributed by atoms with Crippen molar-refractivity contribution < 1.29 is 50.8 Å². The second kappa shape index (κ2) is 14.8. The van der Waals surface area contributed by atoms with Gasteiger partial charge in [-0.1, -0.05) is 0 Å². The van der Waals surface area contributed by atoms with Gasteiger partial charge in [-0.25, -0.2) is 13.2 Å². The van der Waals surface area contributed by atoms with Gasteiger partial charge in [-0.2, -0.15) is 4.39 Å². The van der Waals surface area contributed by atoms with E-state index < -0.39 is 40.6 Å². The van der Waals surface area contributed by atoms with Crippen LogP contribution in [0, 0.1) is 30.2 Å². The van der Waals surface area contributed by atoms with Gasteiger partial charge >= 0.3 is 5.97 Å². The second-order valence-corrected chi connectivity index (χ2v) is 5.84. The van der Waals surface area contributed by atoms with E-state index in [1.165, 1.54) is 0 Å². The Morgan fingerprint density at radius 3 is 1.73 bits per heavy atom. The molecule has 0 aliphatic carbocycles. The molecule has 0 N–H and O–H groups in total. The normalized spacial score (nSPS) is 11.0. The molecule has 1 rings (SSSR count). The predicted molar refractivity (Wildman–Crippen MR) is 95.2 cm³/mol. The van der Waals surface area contributed by atoms with Crippen molar-refractivity contribution in [1.29, 1.82) is 0 Å². The molecule has 0 aliphatic rings. The number of ether oxygens (including phenoxy) is 5. The van der Waals surface area contributed by atoms with Crippen molar-refractivity contribution in [2.75, 3.05) is 52.9 Å². The number of carbonyl (C=O) groups excluding carboxylic acids is 2. The van der Waals surface area contributed by atoms with E-state index in [-0.39, 0.29) is 26.2 Å². The number of hydrogen-bond donors (Lipinski definition) is 0. The van der Waals surface area contributed by atoms with E-state index in [1.54, 1.807) is 0 Å². The van der Waals surface area contributed by atoms with Crippen molar-refractivity contribution in [1.82, 2.24) is 0 Å². The lowest BCUT2D eigenvalue weighted by molar-refractivity contribution is -0.136. The van der Waals surface area contributed by atoms with Gasteiger partial charge in [0.1, 0.15) is 6.29 Å². The summed E-state index contributed by atoms with van der Waals surface area (Å²) in [5.41, 5.74) is -0.649. The molecule has 1 aromatic rings. The Morgan fingerprint density at radius 1 is 0.733 bits per heavy atom. The monoisotopic (exact) mass is 440 g/mol. The lowest BCUT2D eigenvalue weighted by Gasteiger charge is -2.11. The zero-order valence-corrected chi connectivity index (χ0v) is 16.5. The summed E-state index contributed by atoms with van der Waals surface area (Å²) in [6.45, 7) is 3.05. The average Bonchev–Trinajstić information content (AvgIpc) is 2.74. The van der Waals surface area contributed by atoms with E-state index >= 15 is 0 Å². The van der Waals surface area contributed by atoms with Gasteiger partial charge in [0, 0.05) is 12.0 Å². The van der Waals surface area contributed by atoms with Gasteiger partial charge in [-0.05, 0) is 6.92 Å². The highest BCUT2D eigenvalue weighted by atomic mass is 19.2. The van der Waals surface area contributed by atoms with E-state index in [4.69, 9.17) is 18.9 Å². The largest absolute Gasteiger partial charge is 0.423 e. The summed E-state index contributed by atoms with van der Waals surface area (Å²) in [6, 6.07) is 0. The van der Waals surface area contributed by atoms with E-state index in [1.807, 2.05) is 0 Å². The molecule has 0 bridgehead atoms. The molecule has 0 amide bonds. The molecule has 0 aromatic heterocycles. The summed E-state index contributed by atoms with van der Waals surface area (Å²) < 4.78 is 78.6. The van der Waals surface area contributed by atoms with Gasteiger partial charge in [0.25, 0.3) is 0 Å². The predicted octanol–water partition coefficient (Wildman–Crippen LogP) is 2.50. The van der Waals surface area contributed by atoms with E-state index in [0.29, 0.717) is 39.5 Å². The Kier molecular flexibility index (Phi) is 12.8. The molecule has 0 atom stereocenters. The van der Waals surface area contributed by atoms with E-state index in [2.05, 4.69) is 4.74 Å². The van der Waals surface area contributed by atoms with Crippen molar-refractivity contribution in [3.63, 3.8) is 0 Å². The first-order valence-corrected chi connectivity index (χ1v) is 9.18. The van der Waals surface area contributed by atoms with Crippen LogP contribution in [0.1, 0.15) is 18.4 Å². The number of halogens is 4. The summed E-state index contributed by atoms with van der Waals surface area (Å²) in [5.74, 6) is -9.41. The fourth-order valence-corrected chi connectivity index (χ4v) is 2.06. The Hall–Kier alpha value is -2.08. The lowest BCUT2D eigenvalue weighted by atomic mass is 10.2.